The van der Waals surface area contributed by atoms with E-state index in [0.717, 1.165) is 24.9 Å². The number of rotatable bonds is 7. The Morgan fingerprint density at radius 2 is 1.79 bits per heavy atom. The van der Waals surface area contributed by atoms with Crippen LogP contribution in [-0.4, -0.2) is 12.5 Å². The Morgan fingerprint density at radius 3 is 2.32 bits per heavy atom. The number of hydrogen-bond donors (Lipinski definition) is 1. The average Bonchev–Trinajstić information content (AvgIpc) is 2.38. The van der Waals surface area contributed by atoms with Crippen LogP contribution < -0.4 is 5.32 Å². The third-order valence-electron chi connectivity index (χ3n) is 3.50. The third-order valence-corrected chi connectivity index (χ3v) is 3.50. The molecule has 0 radical (unpaired) electrons. The standard InChI is InChI=1S/C17H27NO/c1-5-14(4)12-15-6-8-16(9-7-15)17(19)18-11-10-13(2)3/h6-9,13-14H,5,10-12H2,1-4H3,(H,18,19). The summed E-state index contributed by atoms with van der Waals surface area (Å²) in [6, 6.07) is 8.01. The predicted molar refractivity (Wildman–Crippen MR) is 81.4 cm³/mol. The molecule has 1 N–H and O–H groups in total. The van der Waals surface area contributed by atoms with Crippen molar-refractivity contribution in [1.29, 1.82) is 0 Å². The van der Waals surface area contributed by atoms with E-state index in [0.29, 0.717) is 11.8 Å². The third kappa shape index (κ3) is 5.91. The summed E-state index contributed by atoms with van der Waals surface area (Å²) in [7, 11) is 0. The van der Waals surface area contributed by atoms with Gasteiger partial charge in [0.25, 0.3) is 5.91 Å². The SMILES string of the molecule is CCC(C)Cc1ccc(C(=O)NCCC(C)C)cc1. The molecule has 1 unspecified atom stereocenters. The molecular weight excluding hydrogens is 234 g/mol. The molecule has 0 aromatic heterocycles. The fraction of sp³-hybridized carbons (Fsp3) is 0.588. The van der Waals surface area contributed by atoms with E-state index < -0.39 is 0 Å². The van der Waals surface area contributed by atoms with E-state index in [1.54, 1.807) is 0 Å². The first-order chi connectivity index (χ1) is 9.02. The molecule has 0 spiro atoms. The monoisotopic (exact) mass is 261 g/mol. The molecule has 2 heteroatoms. The molecule has 1 rings (SSSR count). The van der Waals surface area contributed by atoms with Gasteiger partial charge in [0.15, 0.2) is 0 Å². The maximum Gasteiger partial charge on any atom is 0.251 e. The zero-order valence-corrected chi connectivity index (χ0v) is 12.7. The van der Waals surface area contributed by atoms with Crippen LogP contribution >= 0.6 is 0 Å². The summed E-state index contributed by atoms with van der Waals surface area (Å²) in [5.74, 6) is 1.36. The molecule has 0 aliphatic heterocycles. The average molecular weight is 261 g/mol. The van der Waals surface area contributed by atoms with Gasteiger partial charge in [0, 0.05) is 12.1 Å². The van der Waals surface area contributed by atoms with Crippen LogP contribution in [0.3, 0.4) is 0 Å². The first kappa shape index (κ1) is 15.7. The first-order valence-corrected chi connectivity index (χ1v) is 7.40. The lowest BCUT2D eigenvalue weighted by atomic mass is 9.98. The Morgan fingerprint density at radius 1 is 1.16 bits per heavy atom. The van der Waals surface area contributed by atoms with Crippen molar-refractivity contribution >= 4 is 5.91 Å². The summed E-state index contributed by atoms with van der Waals surface area (Å²) in [5, 5.41) is 2.96. The minimum atomic E-state index is 0.0377. The summed E-state index contributed by atoms with van der Waals surface area (Å²) < 4.78 is 0. The van der Waals surface area contributed by atoms with E-state index >= 15 is 0 Å². The van der Waals surface area contributed by atoms with Gasteiger partial charge >= 0.3 is 0 Å². The van der Waals surface area contributed by atoms with Crippen LogP contribution in [0.2, 0.25) is 0 Å². The maximum absolute atomic E-state index is 11.9. The molecule has 0 saturated carbocycles. The second kappa shape index (κ2) is 7.98. The number of amides is 1. The summed E-state index contributed by atoms with van der Waals surface area (Å²) in [6.45, 7) is 9.55. The first-order valence-electron chi connectivity index (χ1n) is 7.40. The van der Waals surface area contributed by atoms with Gasteiger partial charge in [-0.05, 0) is 42.4 Å². The fourth-order valence-corrected chi connectivity index (χ4v) is 1.92. The molecule has 1 aromatic carbocycles. The number of benzene rings is 1. The molecule has 0 heterocycles. The largest absolute Gasteiger partial charge is 0.352 e. The molecule has 0 bridgehead atoms. The van der Waals surface area contributed by atoms with Crippen LogP contribution in [0, 0.1) is 11.8 Å². The van der Waals surface area contributed by atoms with Crippen molar-refractivity contribution in [2.75, 3.05) is 6.54 Å². The minimum Gasteiger partial charge on any atom is -0.352 e. The van der Waals surface area contributed by atoms with Crippen molar-refractivity contribution in [3.05, 3.63) is 35.4 Å². The highest BCUT2D eigenvalue weighted by Gasteiger charge is 2.06. The Balaban J connectivity index is 2.48. The van der Waals surface area contributed by atoms with Gasteiger partial charge in [-0.1, -0.05) is 46.2 Å². The normalized spacial score (nSPS) is 12.5. The van der Waals surface area contributed by atoms with Crippen molar-refractivity contribution in [3.8, 4) is 0 Å². The van der Waals surface area contributed by atoms with Crippen molar-refractivity contribution in [2.24, 2.45) is 11.8 Å². The van der Waals surface area contributed by atoms with Gasteiger partial charge in [-0.15, -0.1) is 0 Å². The van der Waals surface area contributed by atoms with Gasteiger partial charge < -0.3 is 5.32 Å². The van der Waals surface area contributed by atoms with Crippen LogP contribution in [0.1, 0.15) is 56.5 Å². The molecule has 1 atom stereocenters. The van der Waals surface area contributed by atoms with Gasteiger partial charge in [-0.25, -0.2) is 0 Å². The van der Waals surface area contributed by atoms with E-state index in [2.05, 4.69) is 45.1 Å². The minimum absolute atomic E-state index is 0.0377. The smallest absolute Gasteiger partial charge is 0.251 e. The Bertz CT molecular complexity index is 381. The summed E-state index contributed by atoms with van der Waals surface area (Å²) >= 11 is 0. The fourth-order valence-electron chi connectivity index (χ4n) is 1.92. The lowest BCUT2D eigenvalue weighted by molar-refractivity contribution is 0.0952. The van der Waals surface area contributed by atoms with Crippen LogP contribution in [0.15, 0.2) is 24.3 Å². The van der Waals surface area contributed by atoms with E-state index in [9.17, 15) is 4.79 Å². The Kier molecular flexibility index (Phi) is 6.61. The predicted octanol–water partition coefficient (Wildman–Crippen LogP) is 4.05. The van der Waals surface area contributed by atoms with Gasteiger partial charge in [0.2, 0.25) is 0 Å². The quantitative estimate of drug-likeness (QED) is 0.788. The van der Waals surface area contributed by atoms with Crippen molar-refractivity contribution in [1.82, 2.24) is 5.32 Å². The summed E-state index contributed by atoms with van der Waals surface area (Å²) in [6.07, 6.45) is 3.31. The number of nitrogens with one attached hydrogen (secondary N) is 1. The molecular formula is C17H27NO. The molecule has 1 aromatic rings. The molecule has 19 heavy (non-hydrogen) atoms. The van der Waals surface area contributed by atoms with Crippen molar-refractivity contribution in [3.63, 3.8) is 0 Å². The highest BCUT2D eigenvalue weighted by molar-refractivity contribution is 5.94. The van der Waals surface area contributed by atoms with Crippen LogP contribution in [0.5, 0.6) is 0 Å². The van der Waals surface area contributed by atoms with Crippen LogP contribution in [0.25, 0.3) is 0 Å². The maximum atomic E-state index is 11.9. The molecule has 2 nitrogen and oxygen atoms in total. The van der Waals surface area contributed by atoms with Gasteiger partial charge in [0.1, 0.15) is 0 Å². The Labute approximate surface area is 117 Å². The van der Waals surface area contributed by atoms with E-state index in [4.69, 9.17) is 0 Å². The molecule has 0 saturated heterocycles. The second-order valence-electron chi connectivity index (χ2n) is 5.85. The van der Waals surface area contributed by atoms with Crippen LogP contribution in [0.4, 0.5) is 0 Å². The zero-order valence-electron chi connectivity index (χ0n) is 12.7. The number of hydrogen-bond acceptors (Lipinski definition) is 1. The van der Waals surface area contributed by atoms with Gasteiger partial charge in [0.05, 0.1) is 0 Å². The summed E-state index contributed by atoms with van der Waals surface area (Å²) in [4.78, 5) is 11.9. The summed E-state index contributed by atoms with van der Waals surface area (Å²) in [5.41, 5.74) is 2.07. The Hall–Kier alpha value is -1.31. The van der Waals surface area contributed by atoms with Gasteiger partial charge in [-0.3, -0.25) is 4.79 Å². The molecule has 0 fully saturated rings. The van der Waals surface area contributed by atoms with Crippen LogP contribution in [-0.2, 0) is 6.42 Å². The molecule has 0 aliphatic carbocycles. The highest BCUT2D eigenvalue weighted by atomic mass is 16.1. The lowest BCUT2D eigenvalue weighted by Gasteiger charge is -2.10. The van der Waals surface area contributed by atoms with E-state index in [1.165, 1.54) is 12.0 Å². The second-order valence-corrected chi connectivity index (χ2v) is 5.85. The van der Waals surface area contributed by atoms with Gasteiger partial charge in [-0.2, -0.15) is 0 Å². The number of carbonyl (C=O) groups excluding carboxylic acids is 1. The topological polar surface area (TPSA) is 29.1 Å². The van der Waals surface area contributed by atoms with Crippen molar-refractivity contribution in [2.45, 2.75) is 47.0 Å². The highest BCUT2D eigenvalue weighted by Crippen LogP contribution is 2.12. The molecule has 1 amide bonds. The van der Waals surface area contributed by atoms with E-state index in [-0.39, 0.29) is 5.91 Å². The van der Waals surface area contributed by atoms with Crippen molar-refractivity contribution < 1.29 is 4.79 Å². The molecule has 106 valence electrons. The van der Waals surface area contributed by atoms with E-state index in [1.807, 2.05) is 12.1 Å². The molecule has 0 aliphatic rings. The lowest BCUT2D eigenvalue weighted by Crippen LogP contribution is -2.25. The number of carbonyl (C=O) groups is 1. The zero-order chi connectivity index (χ0) is 14.3.